The highest BCUT2D eigenvalue weighted by molar-refractivity contribution is 5.67. The Kier molecular flexibility index (Phi) is 3.84. The largest absolute Gasteiger partial charge is 0.454 e. The van der Waals surface area contributed by atoms with Crippen LogP contribution in [0, 0.1) is 0 Å². The van der Waals surface area contributed by atoms with Crippen molar-refractivity contribution in [1.82, 2.24) is 10.2 Å². The Morgan fingerprint density at radius 1 is 1.13 bits per heavy atom. The third kappa shape index (κ3) is 2.99. The summed E-state index contributed by atoms with van der Waals surface area (Å²) in [6, 6.07) is 5.90. The standard InChI is InChI=1S/C18H21N3O2.H2/c1-2-10-21(11-3-1)17-12-14(6-5-9-19-17)20-15-7-4-8-16-18(15)23-13-22-16;/h4-9,12,19-20H,1-3,10-11,13H2;1H. The number of fused-ring (bicyclic) bond motifs is 1. The first kappa shape index (κ1) is 14.1. The number of likely N-dealkylation sites (tertiary alicyclic amines) is 1. The predicted octanol–water partition coefficient (Wildman–Crippen LogP) is 3.40. The Morgan fingerprint density at radius 2 is 2.04 bits per heavy atom. The van der Waals surface area contributed by atoms with Crippen molar-refractivity contribution in [2.24, 2.45) is 0 Å². The van der Waals surface area contributed by atoms with Gasteiger partial charge < -0.3 is 25.0 Å². The van der Waals surface area contributed by atoms with Crippen molar-refractivity contribution < 1.29 is 10.9 Å². The molecule has 3 aliphatic rings. The van der Waals surface area contributed by atoms with Crippen LogP contribution in [0.4, 0.5) is 5.69 Å². The van der Waals surface area contributed by atoms with Gasteiger partial charge in [0.1, 0.15) is 5.82 Å². The maximum absolute atomic E-state index is 5.57. The molecule has 1 aromatic carbocycles. The molecule has 0 saturated carbocycles. The number of nitrogens with zero attached hydrogens (tertiary/aromatic N) is 1. The molecule has 1 saturated heterocycles. The summed E-state index contributed by atoms with van der Waals surface area (Å²) in [4.78, 5) is 2.41. The van der Waals surface area contributed by atoms with E-state index in [-0.39, 0.29) is 8.22 Å². The van der Waals surface area contributed by atoms with E-state index in [2.05, 4.69) is 27.7 Å². The summed E-state index contributed by atoms with van der Waals surface area (Å²) in [6.45, 7) is 2.50. The summed E-state index contributed by atoms with van der Waals surface area (Å²) in [7, 11) is 0. The molecule has 0 radical (unpaired) electrons. The van der Waals surface area contributed by atoms with Crippen LogP contribution >= 0.6 is 0 Å². The second-order valence-electron chi connectivity index (χ2n) is 5.87. The van der Waals surface area contributed by atoms with E-state index in [1.54, 1.807) is 0 Å². The first-order valence-electron chi connectivity index (χ1n) is 8.16. The average Bonchev–Trinajstić information content (AvgIpc) is 2.96. The van der Waals surface area contributed by atoms with Crippen LogP contribution in [0.3, 0.4) is 0 Å². The van der Waals surface area contributed by atoms with E-state index in [0.717, 1.165) is 41.8 Å². The first-order valence-corrected chi connectivity index (χ1v) is 8.16. The smallest absolute Gasteiger partial charge is 0.231 e. The van der Waals surface area contributed by atoms with Crippen molar-refractivity contribution in [2.45, 2.75) is 19.3 Å². The van der Waals surface area contributed by atoms with Crippen molar-refractivity contribution in [2.75, 3.05) is 25.2 Å². The summed E-state index contributed by atoms with van der Waals surface area (Å²) in [5.41, 5.74) is 1.95. The van der Waals surface area contributed by atoms with Crippen molar-refractivity contribution in [3.05, 3.63) is 54.1 Å². The Labute approximate surface area is 137 Å². The minimum atomic E-state index is 0. The molecule has 3 aliphatic heterocycles. The number of hydrogen-bond donors (Lipinski definition) is 2. The normalized spacial score (nSPS) is 19.6. The van der Waals surface area contributed by atoms with Crippen LogP contribution in [0.15, 0.2) is 54.1 Å². The monoisotopic (exact) mass is 313 g/mol. The highest BCUT2D eigenvalue weighted by atomic mass is 16.7. The van der Waals surface area contributed by atoms with Gasteiger partial charge in [-0.05, 0) is 43.5 Å². The maximum Gasteiger partial charge on any atom is 0.231 e. The third-order valence-corrected chi connectivity index (χ3v) is 4.27. The number of rotatable bonds is 3. The van der Waals surface area contributed by atoms with E-state index >= 15 is 0 Å². The molecular weight excluding hydrogens is 290 g/mol. The van der Waals surface area contributed by atoms with E-state index in [1.165, 1.54) is 19.3 Å². The summed E-state index contributed by atoms with van der Waals surface area (Å²) < 4.78 is 11.0. The van der Waals surface area contributed by atoms with Crippen LogP contribution < -0.4 is 20.1 Å². The van der Waals surface area contributed by atoms with Gasteiger partial charge in [0.25, 0.3) is 0 Å². The number of para-hydroxylation sites is 1. The van der Waals surface area contributed by atoms with Gasteiger partial charge in [-0.3, -0.25) is 0 Å². The number of benzene rings is 1. The minimum Gasteiger partial charge on any atom is -0.454 e. The Bertz CT molecular complexity index is 679. The molecule has 23 heavy (non-hydrogen) atoms. The summed E-state index contributed by atoms with van der Waals surface area (Å²) in [5, 5.41) is 6.83. The van der Waals surface area contributed by atoms with Gasteiger partial charge in [-0.2, -0.15) is 0 Å². The zero-order chi connectivity index (χ0) is 15.5. The molecule has 1 aromatic rings. The second kappa shape index (κ2) is 6.28. The lowest BCUT2D eigenvalue weighted by Gasteiger charge is -2.30. The maximum atomic E-state index is 5.57. The Hall–Kier alpha value is -2.56. The molecular formula is C18H23N3O2. The summed E-state index contributed by atoms with van der Waals surface area (Å²) in [5.74, 6) is 2.71. The molecule has 1 fully saturated rings. The first-order chi connectivity index (χ1) is 11.4. The van der Waals surface area contributed by atoms with E-state index < -0.39 is 0 Å². The molecule has 122 valence electrons. The van der Waals surface area contributed by atoms with E-state index in [0.29, 0.717) is 0 Å². The molecule has 0 spiro atoms. The van der Waals surface area contributed by atoms with Crippen LogP contribution in [0.5, 0.6) is 11.5 Å². The third-order valence-electron chi connectivity index (χ3n) is 4.27. The molecule has 0 aromatic heterocycles. The lowest BCUT2D eigenvalue weighted by molar-refractivity contribution is 0.174. The molecule has 2 N–H and O–H groups in total. The highest BCUT2D eigenvalue weighted by Crippen LogP contribution is 2.39. The summed E-state index contributed by atoms with van der Waals surface area (Å²) >= 11 is 0. The molecule has 0 aliphatic carbocycles. The Balaban J connectivity index is 0.00000169. The van der Waals surface area contributed by atoms with Crippen LogP contribution in [0.25, 0.3) is 0 Å². The van der Waals surface area contributed by atoms with Crippen LogP contribution in [0.2, 0.25) is 0 Å². The van der Waals surface area contributed by atoms with E-state index in [4.69, 9.17) is 9.47 Å². The molecule has 0 bridgehead atoms. The van der Waals surface area contributed by atoms with Gasteiger partial charge in [0.2, 0.25) is 6.79 Å². The van der Waals surface area contributed by atoms with Crippen molar-refractivity contribution in [3.63, 3.8) is 0 Å². The SMILES string of the molecule is C1=CNC(N2CCCCC2)=CC(Nc2cccc3c2OCO3)=C1.[HH]. The van der Waals surface area contributed by atoms with Crippen molar-refractivity contribution in [3.8, 4) is 11.5 Å². The Morgan fingerprint density at radius 3 is 2.96 bits per heavy atom. The van der Waals surface area contributed by atoms with Crippen molar-refractivity contribution in [1.29, 1.82) is 0 Å². The number of piperidine rings is 1. The van der Waals surface area contributed by atoms with Crippen LogP contribution in [0.1, 0.15) is 20.7 Å². The van der Waals surface area contributed by atoms with Gasteiger partial charge in [-0.15, -0.1) is 0 Å². The minimum absolute atomic E-state index is 0. The lowest BCUT2D eigenvalue weighted by atomic mass is 10.1. The fraction of sp³-hybridized carbons (Fsp3) is 0.333. The molecule has 0 atom stereocenters. The number of anilines is 1. The number of nitrogens with one attached hydrogen (secondary N) is 2. The number of ether oxygens (including phenoxy) is 2. The molecule has 5 nitrogen and oxygen atoms in total. The van der Waals surface area contributed by atoms with Crippen LogP contribution in [-0.2, 0) is 0 Å². The second-order valence-corrected chi connectivity index (χ2v) is 5.87. The number of hydrogen-bond acceptors (Lipinski definition) is 5. The average molecular weight is 313 g/mol. The van der Waals surface area contributed by atoms with Gasteiger partial charge >= 0.3 is 0 Å². The molecule has 0 unspecified atom stereocenters. The lowest BCUT2D eigenvalue weighted by Crippen LogP contribution is -2.34. The van der Waals surface area contributed by atoms with Gasteiger partial charge in [0, 0.05) is 32.5 Å². The fourth-order valence-electron chi connectivity index (χ4n) is 3.10. The van der Waals surface area contributed by atoms with Gasteiger partial charge in [0.15, 0.2) is 11.5 Å². The fourth-order valence-corrected chi connectivity index (χ4v) is 3.10. The quantitative estimate of drug-likeness (QED) is 0.895. The predicted molar refractivity (Wildman–Crippen MR) is 92.2 cm³/mol. The zero-order valence-electron chi connectivity index (χ0n) is 13.0. The van der Waals surface area contributed by atoms with E-state index in [1.807, 2.05) is 30.5 Å². The van der Waals surface area contributed by atoms with Gasteiger partial charge in [-0.25, -0.2) is 0 Å². The van der Waals surface area contributed by atoms with Crippen molar-refractivity contribution >= 4 is 5.69 Å². The van der Waals surface area contributed by atoms with Crippen LogP contribution in [-0.4, -0.2) is 24.8 Å². The zero-order valence-corrected chi connectivity index (χ0v) is 13.0. The summed E-state index contributed by atoms with van der Waals surface area (Å²) in [6.07, 6.45) is 12.0. The van der Waals surface area contributed by atoms with E-state index in [9.17, 15) is 0 Å². The molecule has 4 rings (SSSR count). The molecule has 0 amide bonds. The topological polar surface area (TPSA) is 45.8 Å². The number of allylic oxidation sites excluding steroid dienone is 3. The molecule has 3 heterocycles. The highest BCUT2D eigenvalue weighted by Gasteiger charge is 2.18. The van der Waals surface area contributed by atoms with Gasteiger partial charge in [-0.1, -0.05) is 6.07 Å². The molecule has 5 heteroatoms. The van der Waals surface area contributed by atoms with Gasteiger partial charge in [0.05, 0.1) is 5.69 Å².